The van der Waals surface area contributed by atoms with E-state index in [0.717, 1.165) is 15.9 Å². The highest BCUT2D eigenvalue weighted by atomic mass is 32.1. The Labute approximate surface area is 85.7 Å². The number of fused-ring (bicyclic) bond motifs is 1. The number of nitrogen functional groups attached to an aromatic ring is 1. The van der Waals surface area contributed by atoms with Crippen molar-refractivity contribution in [3.63, 3.8) is 0 Å². The highest BCUT2D eigenvalue weighted by molar-refractivity contribution is 7.21. The molecule has 1 aromatic carbocycles. The fraction of sp³-hybridized carbons (Fsp3) is 0.222. The van der Waals surface area contributed by atoms with Crippen molar-refractivity contribution in [2.24, 2.45) is 0 Å². The second kappa shape index (κ2) is 3.34. The monoisotopic (exact) mass is 209 g/mol. The molecule has 0 radical (unpaired) electrons. The van der Waals surface area contributed by atoms with Crippen molar-refractivity contribution in [3.8, 4) is 5.19 Å². The first-order valence-corrected chi connectivity index (χ1v) is 4.98. The summed E-state index contributed by atoms with van der Waals surface area (Å²) >= 11 is 1.49. The third-order valence-corrected chi connectivity index (χ3v) is 3.05. The third-order valence-electron chi connectivity index (χ3n) is 2.00. The van der Waals surface area contributed by atoms with Crippen molar-refractivity contribution >= 4 is 32.9 Å². The smallest absolute Gasteiger partial charge is 0.274 e. The molecule has 0 bridgehead atoms. The molecule has 5 heteroatoms. The van der Waals surface area contributed by atoms with Gasteiger partial charge in [-0.1, -0.05) is 11.3 Å². The summed E-state index contributed by atoms with van der Waals surface area (Å²) in [4.78, 5) is 4.27. The molecule has 0 spiro atoms. The number of hydrogen-bond donors (Lipinski definition) is 2. The summed E-state index contributed by atoms with van der Waals surface area (Å²) in [5.41, 5.74) is 8.32. The SMILES string of the molecule is CNc1ccc(N)c2nc(OC)sc12. The van der Waals surface area contributed by atoms with Crippen molar-refractivity contribution in [2.45, 2.75) is 0 Å². The lowest BCUT2D eigenvalue weighted by Gasteiger charge is -2.01. The fourth-order valence-corrected chi connectivity index (χ4v) is 2.23. The highest BCUT2D eigenvalue weighted by Gasteiger charge is 2.09. The molecule has 0 aliphatic carbocycles. The Kier molecular flexibility index (Phi) is 2.17. The molecule has 1 aromatic heterocycles. The molecule has 2 aromatic rings. The Hall–Kier alpha value is -1.49. The van der Waals surface area contributed by atoms with Crippen LogP contribution in [0.1, 0.15) is 0 Å². The van der Waals surface area contributed by atoms with Crippen LogP contribution < -0.4 is 15.8 Å². The molecule has 0 unspecified atom stereocenters. The van der Waals surface area contributed by atoms with E-state index in [1.54, 1.807) is 7.11 Å². The average Bonchev–Trinajstić information content (AvgIpc) is 2.63. The lowest BCUT2D eigenvalue weighted by Crippen LogP contribution is -1.91. The topological polar surface area (TPSA) is 60.2 Å². The van der Waals surface area contributed by atoms with E-state index >= 15 is 0 Å². The number of thiazole rings is 1. The van der Waals surface area contributed by atoms with Gasteiger partial charge < -0.3 is 15.8 Å². The molecule has 0 atom stereocenters. The Morgan fingerprint density at radius 1 is 1.50 bits per heavy atom. The number of benzene rings is 1. The second-order valence-electron chi connectivity index (χ2n) is 2.81. The molecule has 3 N–H and O–H groups in total. The number of aromatic nitrogens is 1. The maximum Gasteiger partial charge on any atom is 0.274 e. The lowest BCUT2D eigenvalue weighted by atomic mass is 10.2. The first-order valence-electron chi connectivity index (χ1n) is 4.17. The van der Waals surface area contributed by atoms with Crippen LogP contribution in [0, 0.1) is 0 Å². The van der Waals surface area contributed by atoms with E-state index in [4.69, 9.17) is 10.5 Å². The van der Waals surface area contributed by atoms with Gasteiger partial charge in [0, 0.05) is 7.05 Å². The number of anilines is 2. The number of nitrogens with zero attached hydrogens (tertiary/aromatic N) is 1. The Bertz CT molecular complexity index is 466. The van der Waals surface area contributed by atoms with Crippen LogP contribution in [0.15, 0.2) is 12.1 Å². The van der Waals surface area contributed by atoms with Gasteiger partial charge in [0.15, 0.2) is 0 Å². The molecule has 74 valence electrons. The van der Waals surface area contributed by atoms with Gasteiger partial charge in [-0.25, -0.2) is 4.98 Å². The lowest BCUT2D eigenvalue weighted by molar-refractivity contribution is 0.413. The van der Waals surface area contributed by atoms with Gasteiger partial charge in [0.25, 0.3) is 5.19 Å². The number of rotatable bonds is 2. The van der Waals surface area contributed by atoms with Crippen LogP contribution in [0.3, 0.4) is 0 Å². The van der Waals surface area contributed by atoms with Gasteiger partial charge in [-0.05, 0) is 12.1 Å². The number of methoxy groups -OCH3 is 1. The molecule has 2 rings (SSSR count). The summed E-state index contributed by atoms with van der Waals surface area (Å²) in [6.45, 7) is 0. The number of ether oxygens (including phenoxy) is 1. The van der Waals surface area contributed by atoms with Crippen molar-refractivity contribution in [1.29, 1.82) is 0 Å². The summed E-state index contributed by atoms with van der Waals surface area (Å²) < 4.78 is 6.11. The van der Waals surface area contributed by atoms with E-state index in [2.05, 4.69) is 10.3 Å². The molecule has 1 heterocycles. The molecule has 0 aliphatic heterocycles. The standard InChI is InChI=1S/C9H11N3OS/c1-11-6-4-3-5(10)7-8(6)14-9(12-7)13-2/h3-4,11H,10H2,1-2H3. The van der Waals surface area contributed by atoms with Gasteiger partial charge in [0.2, 0.25) is 0 Å². The Morgan fingerprint density at radius 2 is 2.29 bits per heavy atom. The van der Waals surface area contributed by atoms with E-state index in [1.807, 2.05) is 19.2 Å². The zero-order valence-corrected chi connectivity index (χ0v) is 8.81. The van der Waals surface area contributed by atoms with Crippen molar-refractivity contribution < 1.29 is 4.74 Å². The minimum absolute atomic E-state index is 0.634. The predicted octanol–water partition coefficient (Wildman–Crippen LogP) is 1.93. The number of nitrogens with one attached hydrogen (secondary N) is 1. The molecule has 0 fully saturated rings. The van der Waals surface area contributed by atoms with Crippen molar-refractivity contribution in [3.05, 3.63) is 12.1 Å². The first-order chi connectivity index (χ1) is 6.76. The average molecular weight is 209 g/mol. The molecule has 4 nitrogen and oxygen atoms in total. The van der Waals surface area contributed by atoms with Crippen molar-refractivity contribution in [2.75, 3.05) is 25.2 Å². The van der Waals surface area contributed by atoms with Crippen LogP contribution in [0.25, 0.3) is 10.2 Å². The van der Waals surface area contributed by atoms with Crippen molar-refractivity contribution in [1.82, 2.24) is 4.98 Å². The maximum absolute atomic E-state index is 5.81. The van der Waals surface area contributed by atoms with E-state index in [1.165, 1.54) is 11.3 Å². The minimum atomic E-state index is 0.634. The van der Waals surface area contributed by atoms with E-state index in [0.29, 0.717) is 10.9 Å². The molecule has 14 heavy (non-hydrogen) atoms. The first kappa shape index (κ1) is 9.08. The van der Waals surface area contributed by atoms with Crippen LogP contribution >= 0.6 is 11.3 Å². The van der Waals surface area contributed by atoms with Gasteiger partial charge in [-0.2, -0.15) is 0 Å². The third kappa shape index (κ3) is 1.26. The van der Waals surface area contributed by atoms with E-state index < -0.39 is 0 Å². The zero-order valence-electron chi connectivity index (χ0n) is 8.00. The maximum atomic E-state index is 5.81. The van der Waals surface area contributed by atoms with Gasteiger partial charge in [0.05, 0.1) is 23.2 Å². The fourth-order valence-electron chi connectivity index (χ4n) is 1.29. The summed E-state index contributed by atoms with van der Waals surface area (Å²) in [6, 6.07) is 3.78. The highest BCUT2D eigenvalue weighted by Crippen LogP contribution is 2.36. The molecular weight excluding hydrogens is 198 g/mol. The summed E-state index contributed by atoms with van der Waals surface area (Å²) in [7, 11) is 3.48. The molecule has 0 saturated heterocycles. The Morgan fingerprint density at radius 3 is 2.93 bits per heavy atom. The van der Waals surface area contributed by atoms with E-state index in [-0.39, 0.29) is 0 Å². The predicted molar refractivity (Wildman–Crippen MR) is 60.1 cm³/mol. The quantitative estimate of drug-likeness (QED) is 0.742. The number of hydrogen-bond acceptors (Lipinski definition) is 5. The molecule has 0 amide bonds. The normalized spacial score (nSPS) is 10.4. The largest absolute Gasteiger partial charge is 0.473 e. The summed E-state index contributed by atoms with van der Waals surface area (Å²) in [5, 5.41) is 3.73. The summed E-state index contributed by atoms with van der Waals surface area (Å²) in [6.07, 6.45) is 0. The second-order valence-corrected chi connectivity index (χ2v) is 3.78. The van der Waals surface area contributed by atoms with Crippen LogP contribution in [0.4, 0.5) is 11.4 Å². The van der Waals surface area contributed by atoms with Gasteiger partial charge in [-0.15, -0.1) is 0 Å². The van der Waals surface area contributed by atoms with Gasteiger partial charge in [0.1, 0.15) is 5.52 Å². The van der Waals surface area contributed by atoms with Crippen LogP contribution in [-0.2, 0) is 0 Å². The molecule has 0 aliphatic rings. The molecule has 0 saturated carbocycles. The molecular formula is C9H11N3OS. The number of nitrogens with two attached hydrogens (primary N) is 1. The summed E-state index contributed by atoms with van der Waals surface area (Å²) in [5.74, 6) is 0. The van der Waals surface area contributed by atoms with Crippen LogP contribution in [0.2, 0.25) is 0 Å². The van der Waals surface area contributed by atoms with E-state index in [9.17, 15) is 0 Å². The minimum Gasteiger partial charge on any atom is -0.473 e. The van der Waals surface area contributed by atoms with Gasteiger partial charge in [-0.3, -0.25) is 0 Å². The Balaban J connectivity index is 2.74. The van der Waals surface area contributed by atoms with Crippen LogP contribution in [-0.4, -0.2) is 19.1 Å². The van der Waals surface area contributed by atoms with Gasteiger partial charge >= 0.3 is 0 Å². The zero-order chi connectivity index (χ0) is 10.1. The van der Waals surface area contributed by atoms with Crippen LogP contribution in [0.5, 0.6) is 5.19 Å².